The maximum Gasteiger partial charge on any atom is 0.413 e. The Balaban J connectivity index is 2.07. The fraction of sp³-hybridized carbons (Fsp3) is 0.0909. The van der Waals surface area contributed by atoms with E-state index in [9.17, 15) is 9.59 Å². The lowest BCUT2D eigenvalue weighted by Crippen LogP contribution is -2.43. The average Bonchev–Trinajstić information content (AvgIpc) is 2.71. The van der Waals surface area contributed by atoms with Crippen molar-refractivity contribution in [2.24, 2.45) is 5.73 Å². The van der Waals surface area contributed by atoms with Crippen molar-refractivity contribution in [3.63, 3.8) is 0 Å². The number of hydrogen-bond acceptors (Lipinski definition) is 4. The van der Waals surface area contributed by atoms with Gasteiger partial charge in [-0.2, -0.15) is 0 Å². The van der Waals surface area contributed by atoms with Gasteiger partial charge in [-0.15, -0.1) is 0 Å². The Kier molecular flexibility index (Phi) is 3.42. The average molecular weight is 265 g/mol. The molecule has 4 N–H and O–H groups in total. The van der Waals surface area contributed by atoms with Gasteiger partial charge in [-0.1, -0.05) is 30.0 Å². The van der Waals surface area contributed by atoms with Crippen molar-refractivity contribution in [1.82, 2.24) is 10.2 Å². The Labute approximate surface area is 107 Å². The van der Waals surface area contributed by atoms with Crippen molar-refractivity contribution in [2.45, 2.75) is 5.50 Å². The van der Waals surface area contributed by atoms with E-state index in [1.807, 2.05) is 0 Å². The molecule has 2 rings (SSSR count). The molecule has 0 aromatic heterocycles. The Bertz CT molecular complexity index is 504. The number of thioether (sulfide) groups is 1. The van der Waals surface area contributed by atoms with Gasteiger partial charge < -0.3 is 16.2 Å². The lowest BCUT2D eigenvalue weighted by atomic mass is 10.2. The molecule has 1 aromatic carbocycles. The minimum atomic E-state index is -1.17. The van der Waals surface area contributed by atoms with Crippen molar-refractivity contribution in [3.8, 4) is 0 Å². The summed E-state index contributed by atoms with van der Waals surface area (Å²) in [5.74, 6) is -0.345. The molecule has 7 heteroatoms. The van der Waals surface area contributed by atoms with Crippen LogP contribution >= 0.6 is 11.8 Å². The van der Waals surface area contributed by atoms with Gasteiger partial charge in [0.1, 0.15) is 0 Å². The summed E-state index contributed by atoms with van der Waals surface area (Å²) in [5.41, 5.74) is 5.28. The quantitative estimate of drug-likeness (QED) is 0.746. The zero-order chi connectivity index (χ0) is 13.1. The third-order valence-electron chi connectivity index (χ3n) is 2.28. The van der Waals surface area contributed by atoms with Crippen molar-refractivity contribution in [1.29, 1.82) is 0 Å². The highest BCUT2D eigenvalue weighted by Gasteiger charge is 2.30. The third-order valence-corrected chi connectivity index (χ3v) is 3.22. The minimum Gasteiger partial charge on any atom is -0.465 e. The molecule has 0 aliphatic carbocycles. The summed E-state index contributed by atoms with van der Waals surface area (Å²) in [6.07, 6.45) is 0.115. The summed E-state index contributed by atoms with van der Waals surface area (Å²) in [4.78, 5) is 23.8. The number of hydrogen-bond donors (Lipinski definition) is 3. The van der Waals surface area contributed by atoms with Gasteiger partial charge in [-0.05, 0) is 12.1 Å². The highest BCUT2D eigenvalue weighted by molar-refractivity contribution is 8.03. The first kappa shape index (κ1) is 12.3. The fourth-order valence-electron chi connectivity index (χ4n) is 1.46. The molecule has 18 heavy (non-hydrogen) atoms. The Morgan fingerprint density at radius 2 is 2.00 bits per heavy atom. The summed E-state index contributed by atoms with van der Waals surface area (Å²) in [7, 11) is 0. The Hall–Kier alpha value is -2.15. The lowest BCUT2D eigenvalue weighted by molar-refractivity contribution is 0.0923. The molecule has 0 radical (unpaired) electrons. The summed E-state index contributed by atoms with van der Waals surface area (Å²) in [5, 5.41) is 11.9. The molecule has 0 spiro atoms. The van der Waals surface area contributed by atoms with Crippen LogP contribution in [0.1, 0.15) is 10.4 Å². The van der Waals surface area contributed by atoms with Gasteiger partial charge in [0.05, 0.1) is 5.03 Å². The van der Waals surface area contributed by atoms with E-state index in [2.05, 4.69) is 5.32 Å². The molecular weight excluding hydrogens is 254 g/mol. The van der Waals surface area contributed by atoms with E-state index in [0.29, 0.717) is 10.6 Å². The maximum atomic E-state index is 11.9. The predicted molar refractivity (Wildman–Crippen MR) is 67.4 cm³/mol. The molecule has 1 atom stereocenters. The summed E-state index contributed by atoms with van der Waals surface area (Å²) in [6.45, 7) is 0. The number of nitrogens with two attached hydrogens (primary N) is 1. The van der Waals surface area contributed by atoms with Crippen LogP contribution in [0.4, 0.5) is 4.79 Å². The molecule has 6 nitrogen and oxygen atoms in total. The van der Waals surface area contributed by atoms with E-state index in [4.69, 9.17) is 10.8 Å². The van der Waals surface area contributed by atoms with Gasteiger partial charge in [0, 0.05) is 11.8 Å². The number of amides is 2. The number of benzene rings is 1. The smallest absolute Gasteiger partial charge is 0.413 e. The number of nitrogens with one attached hydrogen (secondary N) is 1. The first-order valence-corrected chi connectivity index (χ1v) is 5.97. The van der Waals surface area contributed by atoms with Crippen molar-refractivity contribution >= 4 is 23.8 Å². The minimum absolute atomic E-state index is 0.343. The highest BCUT2D eigenvalue weighted by Crippen LogP contribution is 2.27. The second-order valence-corrected chi connectivity index (χ2v) is 4.68. The molecule has 1 heterocycles. The van der Waals surface area contributed by atoms with Crippen LogP contribution in [0, 0.1) is 0 Å². The molecule has 0 saturated carbocycles. The van der Waals surface area contributed by atoms with Gasteiger partial charge in [-0.3, -0.25) is 9.69 Å². The van der Waals surface area contributed by atoms with Gasteiger partial charge >= 0.3 is 6.09 Å². The number of rotatable bonds is 2. The lowest BCUT2D eigenvalue weighted by Gasteiger charge is -2.20. The highest BCUT2D eigenvalue weighted by atomic mass is 32.2. The molecule has 1 aromatic rings. The molecule has 2 amide bonds. The van der Waals surface area contributed by atoms with Crippen LogP contribution in [-0.4, -0.2) is 27.5 Å². The van der Waals surface area contributed by atoms with E-state index >= 15 is 0 Å². The number of nitrogens with zero attached hydrogens (tertiary/aromatic N) is 1. The van der Waals surface area contributed by atoms with Crippen molar-refractivity contribution in [3.05, 3.63) is 47.1 Å². The molecule has 1 unspecified atom stereocenters. The summed E-state index contributed by atoms with van der Waals surface area (Å²) < 4.78 is 0. The van der Waals surface area contributed by atoms with Crippen LogP contribution in [0.15, 0.2) is 41.6 Å². The first-order valence-electron chi connectivity index (χ1n) is 5.09. The van der Waals surface area contributed by atoms with E-state index in [1.165, 1.54) is 6.20 Å². The largest absolute Gasteiger partial charge is 0.465 e. The number of carbonyl (C=O) groups is 2. The monoisotopic (exact) mass is 265 g/mol. The van der Waals surface area contributed by atoms with Crippen LogP contribution in [0.25, 0.3) is 0 Å². The summed E-state index contributed by atoms with van der Waals surface area (Å²) in [6, 6.07) is 8.56. The van der Waals surface area contributed by atoms with E-state index in [1.54, 1.807) is 30.3 Å². The number of carboxylic acid groups (broad SMARTS) is 1. The first-order chi connectivity index (χ1) is 8.58. The second kappa shape index (κ2) is 5.01. The van der Waals surface area contributed by atoms with Crippen LogP contribution in [0.5, 0.6) is 0 Å². The van der Waals surface area contributed by atoms with Crippen molar-refractivity contribution in [2.75, 3.05) is 0 Å². The Morgan fingerprint density at radius 1 is 1.33 bits per heavy atom. The molecule has 0 fully saturated rings. The maximum absolute atomic E-state index is 11.9. The van der Waals surface area contributed by atoms with Gasteiger partial charge in [0.2, 0.25) is 0 Å². The third kappa shape index (κ3) is 2.57. The SMILES string of the molecule is NC1=CN(C(=O)O)C(NC(=O)c2ccccc2)S1. The standard InChI is InChI=1S/C11H11N3O3S/c12-8-6-14(11(16)17)10(18-8)13-9(15)7-4-2-1-3-5-7/h1-6,10H,12H2,(H,13,15)(H,16,17). The molecule has 0 bridgehead atoms. The van der Waals surface area contributed by atoms with E-state index in [-0.39, 0.29) is 5.91 Å². The zero-order valence-electron chi connectivity index (χ0n) is 9.24. The second-order valence-electron chi connectivity index (χ2n) is 3.53. The Morgan fingerprint density at radius 3 is 2.61 bits per heavy atom. The van der Waals surface area contributed by atoms with Crippen LogP contribution < -0.4 is 11.1 Å². The molecule has 1 aliphatic rings. The molecule has 94 valence electrons. The molecule has 0 saturated heterocycles. The molecule has 1 aliphatic heterocycles. The van der Waals surface area contributed by atoms with E-state index in [0.717, 1.165) is 16.7 Å². The van der Waals surface area contributed by atoms with Gasteiger partial charge in [0.15, 0.2) is 5.50 Å². The van der Waals surface area contributed by atoms with Crippen LogP contribution in [0.2, 0.25) is 0 Å². The normalized spacial score (nSPS) is 18.3. The fourth-order valence-corrected chi connectivity index (χ4v) is 2.32. The topological polar surface area (TPSA) is 95.7 Å². The number of carbonyl (C=O) groups excluding carboxylic acids is 1. The summed E-state index contributed by atoms with van der Waals surface area (Å²) >= 11 is 1.08. The van der Waals surface area contributed by atoms with Crippen LogP contribution in [0.3, 0.4) is 0 Å². The van der Waals surface area contributed by atoms with E-state index < -0.39 is 11.6 Å². The van der Waals surface area contributed by atoms with Crippen molar-refractivity contribution < 1.29 is 14.7 Å². The van der Waals surface area contributed by atoms with Gasteiger partial charge in [0.25, 0.3) is 5.91 Å². The molecular formula is C11H11N3O3S. The van der Waals surface area contributed by atoms with Crippen LogP contribution in [-0.2, 0) is 0 Å². The zero-order valence-corrected chi connectivity index (χ0v) is 10.1. The van der Waals surface area contributed by atoms with Gasteiger partial charge in [-0.25, -0.2) is 4.79 Å². The predicted octanol–water partition coefficient (Wildman–Crippen LogP) is 1.18.